The molecule has 0 aliphatic rings. The van der Waals surface area contributed by atoms with Gasteiger partial charge < -0.3 is 5.32 Å². The van der Waals surface area contributed by atoms with Crippen LogP contribution in [0.4, 0.5) is 14.5 Å². The number of carbonyl (C=O) groups excluding carboxylic acids is 2. The second-order valence-electron chi connectivity index (χ2n) is 4.96. The molecule has 2 aromatic carbocycles. The summed E-state index contributed by atoms with van der Waals surface area (Å²) in [5.74, 6) is -2.18. The van der Waals surface area contributed by atoms with Gasteiger partial charge in [-0.1, -0.05) is 0 Å². The van der Waals surface area contributed by atoms with Gasteiger partial charge in [0.2, 0.25) is 5.91 Å². The van der Waals surface area contributed by atoms with E-state index >= 15 is 0 Å². The maximum absolute atomic E-state index is 13.2. The first-order chi connectivity index (χ1) is 10.9. The summed E-state index contributed by atoms with van der Waals surface area (Å²) in [6.45, 7) is 3.14. The lowest BCUT2D eigenvalue weighted by Crippen LogP contribution is -2.22. The van der Waals surface area contributed by atoms with E-state index in [1.54, 1.807) is 31.2 Å². The molecule has 0 saturated carbocycles. The van der Waals surface area contributed by atoms with Crippen molar-refractivity contribution in [2.45, 2.75) is 24.0 Å². The predicted molar refractivity (Wildman–Crippen MR) is 86.8 cm³/mol. The Morgan fingerprint density at radius 1 is 1.04 bits per heavy atom. The van der Waals surface area contributed by atoms with Crippen molar-refractivity contribution in [3.05, 3.63) is 59.7 Å². The lowest BCUT2D eigenvalue weighted by molar-refractivity contribution is -0.115. The Morgan fingerprint density at radius 3 is 2.26 bits per heavy atom. The van der Waals surface area contributed by atoms with E-state index in [-0.39, 0.29) is 11.7 Å². The molecule has 1 atom stereocenters. The van der Waals surface area contributed by atoms with Crippen molar-refractivity contribution in [1.29, 1.82) is 0 Å². The molecule has 23 heavy (non-hydrogen) atoms. The molecule has 2 rings (SSSR count). The highest BCUT2D eigenvalue weighted by Crippen LogP contribution is 2.25. The predicted octanol–water partition coefficient (Wildman–Crippen LogP) is 4.29. The van der Waals surface area contributed by atoms with Crippen LogP contribution in [0.15, 0.2) is 47.4 Å². The van der Waals surface area contributed by atoms with Gasteiger partial charge in [0.1, 0.15) is 0 Å². The zero-order valence-corrected chi connectivity index (χ0v) is 13.4. The molecule has 1 unspecified atom stereocenters. The SMILES string of the molecule is CC(=O)c1ccc(NC(=O)C(C)Sc2ccc(F)c(F)c2)cc1. The minimum atomic E-state index is -0.942. The van der Waals surface area contributed by atoms with Gasteiger partial charge in [-0.3, -0.25) is 9.59 Å². The number of benzene rings is 2. The van der Waals surface area contributed by atoms with Crippen LogP contribution in [0.3, 0.4) is 0 Å². The van der Waals surface area contributed by atoms with Gasteiger partial charge in [-0.05, 0) is 56.3 Å². The van der Waals surface area contributed by atoms with Crippen molar-refractivity contribution >= 4 is 29.1 Å². The highest BCUT2D eigenvalue weighted by molar-refractivity contribution is 8.00. The molecule has 0 aliphatic carbocycles. The first kappa shape index (κ1) is 17.1. The summed E-state index contributed by atoms with van der Waals surface area (Å²) in [6.07, 6.45) is 0. The van der Waals surface area contributed by atoms with Gasteiger partial charge in [0.15, 0.2) is 17.4 Å². The molecular weight excluding hydrogens is 320 g/mol. The van der Waals surface area contributed by atoms with E-state index in [4.69, 9.17) is 0 Å². The van der Waals surface area contributed by atoms with Crippen molar-refractivity contribution in [3.63, 3.8) is 0 Å². The summed E-state index contributed by atoms with van der Waals surface area (Å²) in [7, 11) is 0. The van der Waals surface area contributed by atoms with Crippen molar-refractivity contribution in [3.8, 4) is 0 Å². The van der Waals surface area contributed by atoms with Gasteiger partial charge in [0.05, 0.1) is 5.25 Å². The van der Waals surface area contributed by atoms with Crippen LogP contribution in [0.5, 0.6) is 0 Å². The molecule has 6 heteroatoms. The Balaban J connectivity index is 1.99. The molecule has 1 N–H and O–H groups in total. The first-order valence-corrected chi connectivity index (χ1v) is 7.78. The minimum absolute atomic E-state index is 0.0508. The molecule has 120 valence electrons. The fourth-order valence-corrected chi connectivity index (χ4v) is 2.73. The molecule has 1 amide bonds. The third-order valence-electron chi connectivity index (χ3n) is 3.13. The Morgan fingerprint density at radius 2 is 1.70 bits per heavy atom. The summed E-state index contributed by atoms with van der Waals surface area (Å²) in [5.41, 5.74) is 1.13. The molecule has 0 saturated heterocycles. The zero-order chi connectivity index (χ0) is 17.0. The average molecular weight is 335 g/mol. The van der Waals surface area contributed by atoms with Crippen LogP contribution in [0.1, 0.15) is 24.2 Å². The molecule has 0 heterocycles. The standard InChI is InChI=1S/C17H15F2NO2S/c1-10(21)12-3-5-13(6-4-12)20-17(22)11(2)23-14-7-8-15(18)16(19)9-14/h3-9,11H,1-2H3,(H,20,22). The second-order valence-corrected chi connectivity index (χ2v) is 6.37. The number of halogens is 2. The van der Waals surface area contributed by atoms with Crippen LogP contribution < -0.4 is 5.32 Å². The van der Waals surface area contributed by atoms with Crippen LogP contribution in [-0.4, -0.2) is 16.9 Å². The lowest BCUT2D eigenvalue weighted by Gasteiger charge is -2.12. The first-order valence-electron chi connectivity index (χ1n) is 6.90. The Bertz CT molecular complexity index is 732. The number of anilines is 1. The highest BCUT2D eigenvalue weighted by atomic mass is 32.2. The van der Waals surface area contributed by atoms with E-state index in [9.17, 15) is 18.4 Å². The Hall–Kier alpha value is -2.21. The third kappa shape index (κ3) is 4.63. The van der Waals surface area contributed by atoms with Gasteiger partial charge in [-0.15, -0.1) is 11.8 Å². The zero-order valence-electron chi connectivity index (χ0n) is 12.6. The maximum atomic E-state index is 13.2. The van der Waals surface area contributed by atoms with Gasteiger partial charge in [0.25, 0.3) is 0 Å². The van der Waals surface area contributed by atoms with Crippen molar-refractivity contribution in [1.82, 2.24) is 0 Å². The summed E-state index contributed by atoms with van der Waals surface area (Å²) >= 11 is 1.13. The smallest absolute Gasteiger partial charge is 0.237 e. The van der Waals surface area contributed by atoms with Crippen molar-refractivity contribution < 1.29 is 18.4 Å². The number of amides is 1. The van der Waals surface area contributed by atoms with Crippen molar-refractivity contribution in [2.75, 3.05) is 5.32 Å². The van der Waals surface area contributed by atoms with Crippen LogP contribution >= 0.6 is 11.8 Å². The quantitative estimate of drug-likeness (QED) is 0.655. The number of Topliss-reactive ketones (excluding diaryl/α,β-unsaturated/α-hetero) is 1. The van der Waals surface area contributed by atoms with Crippen LogP contribution in [0, 0.1) is 11.6 Å². The van der Waals surface area contributed by atoms with Crippen LogP contribution in [-0.2, 0) is 4.79 Å². The van der Waals surface area contributed by atoms with Crippen molar-refractivity contribution in [2.24, 2.45) is 0 Å². The third-order valence-corrected chi connectivity index (χ3v) is 4.23. The molecule has 0 spiro atoms. The van der Waals surface area contributed by atoms with E-state index in [2.05, 4.69) is 5.32 Å². The molecule has 3 nitrogen and oxygen atoms in total. The molecule has 0 aromatic heterocycles. The number of thioether (sulfide) groups is 1. The van der Waals surface area contributed by atoms with E-state index in [0.29, 0.717) is 16.1 Å². The molecule has 2 aromatic rings. The monoisotopic (exact) mass is 335 g/mol. The summed E-state index contributed by atoms with van der Waals surface area (Å²) in [4.78, 5) is 23.8. The Kier molecular flexibility index (Phi) is 5.50. The molecule has 0 radical (unpaired) electrons. The lowest BCUT2D eigenvalue weighted by atomic mass is 10.1. The molecule has 0 bridgehead atoms. The fraction of sp³-hybridized carbons (Fsp3) is 0.176. The second kappa shape index (κ2) is 7.37. The van der Waals surface area contributed by atoms with E-state index in [1.807, 2.05) is 0 Å². The number of hydrogen-bond donors (Lipinski definition) is 1. The molecular formula is C17H15F2NO2S. The van der Waals surface area contributed by atoms with Gasteiger partial charge in [-0.25, -0.2) is 8.78 Å². The molecule has 0 aliphatic heterocycles. The number of nitrogens with one attached hydrogen (secondary N) is 1. The average Bonchev–Trinajstić information content (AvgIpc) is 2.51. The van der Waals surface area contributed by atoms with Gasteiger partial charge >= 0.3 is 0 Å². The normalized spacial score (nSPS) is 11.8. The fourth-order valence-electron chi connectivity index (χ4n) is 1.84. The molecule has 0 fully saturated rings. The van der Waals surface area contributed by atoms with Gasteiger partial charge in [-0.2, -0.15) is 0 Å². The maximum Gasteiger partial charge on any atom is 0.237 e. The topological polar surface area (TPSA) is 46.2 Å². The largest absolute Gasteiger partial charge is 0.325 e. The van der Waals surface area contributed by atoms with Crippen LogP contribution in [0.2, 0.25) is 0 Å². The summed E-state index contributed by atoms with van der Waals surface area (Å²) in [5, 5.41) is 2.22. The summed E-state index contributed by atoms with van der Waals surface area (Å²) in [6, 6.07) is 10.1. The number of rotatable bonds is 5. The van der Waals surface area contributed by atoms with E-state index in [0.717, 1.165) is 23.9 Å². The summed E-state index contributed by atoms with van der Waals surface area (Å²) < 4.78 is 26.0. The van der Waals surface area contributed by atoms with Crippen LogP contribution in [0.25, 0.3) is 0 Å². The minimum Gasteiger partial charge on any atom is -0.325 e. The van der Waals surface area contributed by atoms with E-state index < -0.39 is 16.9 Å². The highest BCUT2D eigenvalue weighted by Gasteiger charge is 2.15. The number of carbonyl (C=O) groups is 2. The number of ketones is 1. The van der Waals surface area contributed by atoms with E-state index in [1.165, 1.54) is 13.0 Å². The van der Waals surface area contributed by atoms with Gasteiger partial charge in [0, 0.05) is 16.1 Å². The number of hydrogen-bond acceptors (Lipinski definition) is 3. The Labute approximate surface area is 137 Å².